The molecule has 8 nitrogen and oxygen atoms in total. The number of carbonyl (C=O) groups is 1. The minimum Gasteiger partial charge on any atom is -0.383 e. The summed E-state index contributed by atoms with van der Waals surface area (Å²) in [5.41, 5.74) is 6.61. The third-order valence-corrected chi connectivity index (χ3v) is 3.66. The van der Waals surface area contributed by atoms with Crippen LogP contribution in [0.1, 0.15) is 0 Å². The van der Waals surface area contributed by atoms with Crippen LogP contribution >= 0.6 is 24.8 Å². The number of benzene rings is 1. The summed E-state index contributed by atoms with van der Waals surface area (Å²) in [6.07, 6.45) is 0. The minimum absolute atomic E-state index is 0. The standard InChI is InChI=1S/C14H20N4O4.2ClH/c1-22-10-13(15)14(19)17-7-5-16(6-8-17)11-3-2-4-12(9-11)18(20)21;;/h2-4,9,13H,5-8,10,15H2,1H3;2*1H. The second kappa shape index (κ2) is 10.3. The third-order valence-electron chi connectivity index (χ3n) is 3.66. The molecular formula is C14H22Cl2N4O4. The van der Waals surface area contributed by atoms with Crippen molar-refractivity contribution in [3.8, 4) is 0 Å². The predicted molar refractivity (Wildman–Crippen MR) is 96.2 cm³/mol. The Morgan fingerprint density at radius 3 is 2.50 bits per heavy atom. The molecule has 1 aromatic rings. The van der Waals surface area contributed by atoms with Gasteiger partial charge in [-0.25, -0.2) is 0 Å². The summed E-state index contributed by atoms with van der Waals surface area (Å²) in [6, 6.07) is 5.87. The molecule has 1 heterocycles. The smallest absolute Gasteiger partial charge is 0.271 e. The fourth-order valence-corrected chi connectivity index (χ4v) is 2.47. The van der Waals surface area contributed by atoms with Crippen LogP contribution in [0.15, 0.2) is 24.3 Å². The fourth-order valence-electron chi connectivity index (χ4n) is 2.47. The van der Waals surface area contributed by atoms with Crippen LogP contribution in [0.3, 0.4) is 0 Å². The van der Waals surface area contributed by atoms with Gasteiger partial charge in [0.15, 0.2) is 0 Å². The number of non-ortho nitro benzene ring substituents is 1. The van der Waals surface area contributed by atoms with Crippen LogP contribution in [0.4, 0.5) is 11.4 Å². The number of rotatable bonds is 5. The van der Waals surface area contributed by atoms with Crippen LogP contribution in [0.25, 0.3) is 0 Å². The first kappa shape index (κ1) is 22.4. The van der Waals surface area contributed by atoms with Crippen molar-refractivity contribution in [3.05, 3.63) is 34.4 Å². The Labute approximate surface area is 152 Å². The molecular weight excluding hydrogens is 359 g/mol. The zero-order valence-electron chi connectivity index (χ0n) is 13.3. The van der Waals surface area contributed by atoms with Crippen molar-refractivity contribution in [3.63, 3.8) is 0 Å². The van der Waals surface area contributed by atoms with E-state index in [9.17, 15) is 14.9 Å². The molecule has 1 unspecified atom stereocenters. The Bertz CT molecular complexity index is 553. The van der Waals surface area contributed by atoms with Gasteiger partial charge in [-0.1, -0.05) is 6.07 Å². The van der Waals surface area contributed by atoms with Crippen LogP contribution in [0.2, 0.25) is 0 Å². The number of hydrogen-bond donors (Lipinski definition) is 1. The quantitative estimate of drug-likeness (QED) is 0.605. The average Bonchev–Trinajstić information content (AvgIpc) is 2.54. The zero-order valence-corrected chi connectivity index (χ0v) is 14.9. The molecule has 1 aliphatic heterocycles. The molecule has 0 aromatic heterocycles. The number of hydrogen-bond acceptors (Lipinski definition) is 6. The van der Waals surface area contributed by atoms with E-state index < -0.39 is 11.0 Å². The lowest BCUT2D eigenvalue weighted by Crippen LogP contribution is -2.54. The number of nitro groups is 1. The number of nitrogens with two attached hydrogens (primary N) is 1. The van der Waals surface area contributed by atoms with Gasteiger partial charge >= 0.3 is 0 Å². The van der Waals surface area contributed by atoms with Gasteiger partial charge in [-0.05, 0) is 6.07 Å². The van der Waals surface area contributed by atoms with Gasteiger partial charge in [0, 0.05) is 51.1 Å². The van der Waals surface area contributed by atoms with E-state index in [1.54, 1.807) is 17.0 Å². The highest BCUT2D eigenvalue weighted by Crippen LogP contribution is 2.22. The molecule has 0 saturated carbocycles. The van der Waals surface area contributed by atoms with Gasteiger partial charge < -0.3 is 20.3 Å². The molecule has 2 N–H and O–H groups in total. The molecule has 1 aliphatic rings. The van der Waals surface area contributed by atoms with Gasteiger partial charge in [0.1, 0.15) is 6.04 Å². The van der Waals surface area contributed by atoms with E-state index in [4.69, 9.17) is 10.5 Å². The van der Waals surface area contributed by atoms with Crippen molar-refractivity contribution >= 4 is 42.1 Å². The van der Waals surface area contributed by atoms with E-state index in [-0.39, 0.29) is 43.0 Å². The summed E-state index contributed by atoms with van der Waals surface area (Å²) >= 11 is 0. The third kappa shape index (κ3) is 5.48. The minimum atomic E-state index is -0.644. The molecule has 1 aromatic carbocycles. The number of halogens is 2. The molecule has 0 aliphatic carbocycles. The number of ether oxygens (including phenoxy) is 1. The number of nitrogens with zero attached hydrogens (tertiary/aromatic N) is 3. The van der Waals surface area contributed by atoms with E-state index in [0.29, 0.717) is 26.2 Å². The Morgan fingerprint density at radius 1 is 1.33 bits per heavy atom. The normalized spacial score (nSPS) is 15.1. The van der Waals surface area contributed by atoms with Crippen LogP contribution < -0.4 is 10.6 Å². The van der Waals surface area contributed by atoms with E-state index in [0.717, 1.165) is 5.69 Å². The highest BCUT2D eigenvalue weighted by atomic mass is 35.5. The Hall–Kier alpha value is -1.61. The van der Waals surface area contributed by atoms with Crippen molar-refractivity contribution < 1.29 is 14.5 Å². The van der Waals surface area contributed by atoms with Crippen LogP contribution in [-0.2, 0) is 9.53 Å². The highest BCUT2D eigenvalue weighted by Gasteiger charge is 2.25. The van der Waals surface area contributed by atoms with Crippen LogP contribution in [-0.4, -0.2) is 61.7 Å². The van der Waals surface area contributed by atoms with E-state index in [1.165, 1.54) is 13.2 Å². The first-order chi connectivity index (χ1) is 10.5. The van der Waals surface area contributed by atoms with E-state index in [2.05, 4.69) is 0 Å². The molecule has 1 fully saturated rings. The molecule has 1 amide bonds. The van der Waals surface area contributed by atoms with Gasteiger partial charge in [0.05, 0.1) is 11.5 Å². The first-order valence-corrected chi connectivity index (χ1v) is 7.05. The summed E-state index contributed by atoms with van der Waals surface area (Å²) in [4.78, 5) is 26.2. The monoisotopic (exact) mass is 380 g/mol. The molecule has 2 rings (SSSR count). The van der Waals surface area contributed by atoms with Gasteiger partial charge in [0.2, 0.25) is 5.91 Å². The van der Waals surface area contributed by atoms with Crippen molar-refractivity contribution in [1.82, 2.24) is 4.90 Å². The van der Waals surface area contributed by atoms with Gasteiger partial charge in [-0.3, -0.25) is 14.9 Å². The number of piperazine rings is 1. The molecule has 24 heavy (non-hydrogen) atoms. The highest BCUT2D eigenvalue weighted by molar-refractivity contribution is 5.85. The maximum absolute atomic E-state index is 12.1. The summed E-state index contributed by atoms with van der Waals surface area (Å²) in [5, 5.41) is 10.8. The Kier molecular flexibility index (Phi) is 9.60. The second-order valence-electron chi connectivity index (χ2n) is 5.15. The SMILES string of the molecule is COCC(N)C(=O)N1CCN(c2cccc([N+](=O)[O-])c2)CC1.Cl.Cl. The molecule has 136 valence electrons. The number of nitro benzene ring substituents is 1. The molecule has 1 saturated heterocycles. The summed E-state index contributed by atoms with van der Waals surface area (Å²) in [5.74, 6) is -0.124. The topological polar surface area (TPSA) is 102 Å². The first-order valence-electron chi connectivity index (χ1n) is 7.05. The lowest BCUT2D eigenvalue weighted by molar-refractivity contribution is -0.384. The Morgan fingerprint density at radius 2 is 1.96 bits per heavy atom. The number of methoxy groups -OCH3 is 1. The van der Waals surface area contributed by atoms with Gasteiger partial charge in [0.25, 0.3) is 5.69 Å². The second-order valence-corrected chi connectivity index (χ2v) is 5.15. The molecule has 0 spiro atoms. The van der Waals surface area contributed by atoms with Crippen LogP contribution in [0.5, 0.6) is 0 Å². The van der Waals surface area contributed by atoms with Crippen LogP contribution in [0, 0.1) is 10.1 Å². The largest absolute Gasteiger partial charge is 0.383 e. The predicted octanol–water partition coefficient (Wildman–Crippen LogP) is 1.06. The molecule has 0 bridgehead atoms. The summed E-state index contributed by atoms with van der Waals surface area (Å²) < 4.78 is 4.89. The van der Waals surface area contributed by atoms with Gasteiger partial charge in [-0.2, -0.15) is 0 Å². The fraction of sp³-hybridized carbons (Fsp3) is 0.500. The zero-order chi connectivity index (χ0) is 16.1. The van der Waals surface area contributed by atoms with Crippen molar-refractivity contribution in [2.24, 2.45) is 5.73 Å². The van der Waals surface area contributed by atoms with E-state index in [1.807, 2.05) is 11.0 Å². The number of amides is 1. The van der Waals surface area contributed by atoms with Crippen molar-refractivity contribution in [2.45, 2.75) is 6.04 Å². The Balaban J connectivity index is 0.00000264. The maximum atomic E-state index is 12.1. The van der Waals surface area contributed by atoms with Gasteiger partial charge in [-0.15, -0.1) is 24.8 Å². The molecule has 1 atom stereocenters. The lowest BCUT2D eigenvalue weighted by atomic mass is 10.2. The lowest BCUT2D eigenvalue weighted by Gasteiger charge is -2.37. The maximum Gasteiger partial charge on any atom is 0.271 e. The molecule has 10 heteroatoms. The summed E-state index contributed by atoms with van der Waals surface area (Å²) in [7, 11) is 1.51. The van der Waals surface area contributed by atoms with E-state index >= 15 is 0 Å². The number of anilines is 1. The van der Waals surface area contributed by atoms with Crippen molar-refractivity contribution in [1.29, 1.82) is 0 Å². The molecule has 0 radical (unpaired) electrons. The average molecular weight is 381 g/mol. The summed E-state index contributed by atoms with van der Waals surface area (Å²) in [6.45, 7) is 2.51. The van der Waals surface area contributed by atoms with Crippen molar-refractivity contribution in [2.75, 3.05) is 44.8 Å². The number of carbonyl (C=O) groups excluding carboxylic acids is 1.